The lowest BCUT2D eigenvalue weighted by Crippen LogP contribution is -2.21. The maximum Gasteiger partial charge on any atom is 0.324 e. The van der Waals surface area contributed by atoms with E-state index in [9.17, 15) is 4.79 Å². The van der Waals surface area contributed by atoms with Crippen LogP contribution in [0.5, 0.6) is 0 Å². The van der Waals surface area contributed by atoms with Crippen LogP contribution >= 0.6 is 0 Å². The number of fused-ring (bicyclic) bond motifs is 1. The fourth-order valence-corrected chi connectivity index (χ4v) is 3.06. The lowest BCUT2D eigenvalue weighted by Gasteiger charge is -2.12. The van der Waals surface area contributed by atoms with Crippen LogP contribution in [0.15, 0.2) is 72.9 Å². The molecule has 27 heavy (non-hydrogen) atoms. The maximum absolute atomic E-state index is 12.7. The number of carbonyl (C=O) groups is 1. The Morgan fingerprint density at radius 1 is 0.889 bits per heavy atom. The second-order valence-electron chi connectivity index (χ2n) is 6.43. The fraction of sp³-hybridized carbons (Fsp3) is 0.0909. The molecule has 4 aromatic rings. The van der Waals surface area contributed by atoms with E-state index in [1.165, 1.54) is 0 Å². The first-order chi connectivity index (χ1) is 13.1. The largest absolute Gasteiger partial charge is 0.324 e. The fourth-order valence-electron chi connectivity index (χ4n) is 3.06. The number of hydrogen-bond acceptors (Lipinski definition) is 2. The van der Waals surface area contributed by atoms with Crippen LogP contribution in [0.1, 0.15) is 11.1 Å². The molecule has 2 N–H and O–H groups in total. The predicted octanol–water partition coefficient (Wildman–Crippen LogP) is 5.26. The minimum Gasteiger partial charge on any atom is -0.307 e. The Kier molecular flexibility index (Phi) is 4.34. The molecule has 0 aliphatic carbocycles. The molecule has 0 aliphatic rings. The molecule has 0 radical (unpaired) electrons. The number of urea groups is 1. The van der Waals surface area contributed by atoms with Crippen LogP contribution in [0, 0.1) is 13.8 Å². The third-order valence-corrected chi connectivity index (χ3v) is 4.66. The first-order valence-corrected chi connectivity index (χ1v) is 8.80. The second kappa shape index (κ2) is 6.96. The minimum atomic E-state index is -0.300. The molecule has 0 bridgehead atoms. The van der Waals surface area contributed by atoms with Crippen molar-refractivity contribution in [2.24, 2.45) is 0 Å². The van der Waals surface area contributed by atoms with Gasteiger partial charge in [0.25, 0.3) is 0 Å². The van der Waals surface area contributed by atoms with Crippen molar-refractivity contribution < 1.29 is 4.79 Å². The molecule has 134 valence electrons. The molecule has 4 rings (SSSR count). The van der Waals surface area contributed by atoms with Crippen LogP contribution in [-0.2, 0) is 0 Å². The quantitative estimate of drug-likeness (QED) is 0.526. The van der Waals surface area contributed by atoms with Crippen molar-refractivity contribution >= 4 is 23.2 Å². The molecule has 0 aliphatic heterocycles. The van der Waals surface area contributed by atoms with Gasteiger partial charge in [0.05, 0.1) is 0 Å². The van der Waals surface area contributed by atoms with Crippen molar-refractivity contribution in [1.82, 2.24) is 9.38 Å². The number of anilines is 2. The van der Waals surface area contributed by atoms with E-state index >= 15 is 0 Å². The van der Waals surface area contributed by atoms with E-state index in [0.717, 1.165) is 33.7 Å². The van der Waals surface area contributed by atoms with E-state index in [1.807, 2.05) is 91.2 Å². The average Bonchev–Trinajstić information content (AvgIpc) is 3.05. The summed E-state index contributed by atoms with van der Waals surface area (Å²) in [6.07, 6.45) is 1.89. The van der Waals surface area contributed by atoms with E-state index in [-0.39, 0.29) is 6.03 Å². The number of aryl methyl sites for hydroxylation is 1. The second-order valence-corrected chi connectivity index (χ2v) is 6.43. The molecule has 0 fully saturated rings. The molecule has 5 nitrogen and oxygen atoms in total. The molecule has 0 saturated carbocycles. The number of benzene rings is 2. The smallest absolute Gasteiger partial charge is 0.307 e. The van der Waals surface area contributed by atoms with Gasteiger partial charge in [0.15, 0.2) is 0 Å². The molecule has 2 aromatic carbocycles. The normalized spacial score (nSPS) is 10.7. The van der Waals surface area contributed by atoms with Gasteiger partial charge in [0, 0.05) is 17.4 Å². The van der Waals surface area contributed by atoms with Gasteiger partial charge in [-0.3, -0.25) is 9.72 Å². The molecule has 2 amide bonds. The number of rotatable bonds is 3. The summed E-state index contributed by atoms with van der Waals surface area (Å²) in [7, 11) is 0. The van der Waals surface area contributed by atoms with Gasteiger partial charge in [-0.05, 0) is 43.2 Å². The van der Waals surface area contributed by atoms with E-state index in [0.29, 0.717) is 5.82 Å². The van der Waals surface area contributed by atoms with Gasteiger partial charge < -0.3 is 5.32 Å². The number of imidazole rings is 1. The third-order valence-electron chi connectivity index (χ3n) is 4.66. The van der Waals surface area contributed by atoms with Gasteiger partial charge >= 0.3 is 6.03 Å². The van der Waals surface area contributed by atoms with E-state index in [4.69, 9.17) is 4.98 Å². The molecule has 0 atom stereocenters. The number of amides is 2. The molecule has 0 unspecified atom stereocenters. The zero-order chi connectivity index (χ0) is 18.8. The Labute approximate surface area is 157 Å². The number of carbonyl (C=O) groups excluding carboxylic acids is 1. The standard InChI is InChI=1S/C22H20N4O/c1-15-9-8-12-18(16(15)2)23-22(27)25-21-20(17-10-4-3-5-11-17)24-19-13-6-7-14-26(19)21/h3-14H,1-2H3,(H2,23,25,27). The molecule has 2 heterocycles. The highest BCUT2D eigenvalue weighted by Gasteiger charge is 2.16. The number of hydrogen-bond donors (Lipinski definition) is 2. The summed E-state index contributed by atoms with van der Waals surface area (Å²) in [5.41, 5.74) is 5.43. The van der Waals surface area contributed by atoms with Crippen molar-refractivity contribution in [1.29, 1.82) is 0 Å². The summed E-state index contributed by atoms with van der Waals surface area (Å²) in [6, 6.07) is 21.1. The summed E-state index contributed by atoms with van der Waals surface area (Å²) < 4.78 is 1.88. The highest BCUT2D eigenvalue weighted by Crippen LogP contribution is 2.29. The Bertz CT molecular complexity index is 1120. The van der Waals surface area contributed by atoms with E-state index in [1.54, 1.807) is 0 Å². The Morgan fingerprint density at radius 2 is 1.67 bits per heavy atom. The van der Waals surface area contributed by atoms with Gasteiger partial charge in [-0.15, -0.1) is 0 Å². The van der Waals surface area contributed by atoms with Crippen molar-refractivity contribution in [3.8, 4) is 11.3 Å². The zero-order valence-corrected chi connectivity index (χ0v) is 15.2. The molecule has 0 spiro atoms. The van der Waals surface area contributed by atoms with Gasteiger partial charge in [-0.2, -0.15) is 0 Å². The number of aromatic nitrogens is 2. The Hall–Kier alpha value is -3.60. The summed E-state index contributed by atoms with van der Waals surface area (Å²) in [6.45, 7) is 4.02. The van der Waals surface area contributed by atoms with Gasteiger partial charge in [-0.25, -0.2) is 9.78 Å². The monoisotopic (exact) mass is 356 g/mol. The average molecular weight is 356 g/mol. The zero-order valence-electron chi connectivity index (χ0n) is 15.2. The maximum atomic E-state index is 12.7. The van der Waals surface area contributed by atoms with Crippen LogP contribution in [0.3, 0.4) is 0 Å². The number of nitrogens with one attached hydrogen (secondary N) is 2. The van der Waals surface area contributed by atoms with Crippen molar-refractivity contribution in [3.05, 3.63) is 84.1 Å². The van der Waals surface area contributed by atoms with Crippen molar-refractivity contribution in [3.63, 3.8) is 0 Å². The van der Waals surface area contributed by atoms with E-state index in [2.05, 4.69) is 10.6 Å². The molecular weight excluding hydrogens is 336 g/mol. The third kappa shape index (κ3) is 3.27. The molecule has 0 saturated heterocycles. The minimum absolute atomic E-state index is 0.300. The first kappa shape index (κ1) is 16.8. The van der Waals surface area contributed by atoms with Crippen LogP contribution in [0.4, 0.5) is 16.3 Å². The molecular formula is C22H20N4O. The summed E-state index contributed by atoms with van der Waals surface area (Å²) >= 11 is 0. The number of nitrogens with zero attached hydrogens (tertiary/aromatic N) is 2. The van der Waals surface area contributed by atoms with Crippen LogP contribution in [0.25, 0.3) is 16.9 Å². The highest BCUT2D eigenvalue weighted by molar-refractivity contribution is 6.02. The number of pyridine rings is 1. The summed E-state index contributed by atoms with van der Waals surface area (Å²) in [4.78, 5) is 17.4. The molecule has 5 heteroatoms. The lowest BCUT2D eigenvalue weighted by molar-refractivity contribution is 0.262. The van der Waals surface area contributed by atoms with Crippen molar-refractivity contribution in [2.75, 3.05) is 10.6 Å². The lowest BCUT2D eigenvalue weighted by atomic mass is 10.1. The van der Waals surface area contributed by atoms with Gasteiger partial charge in [0.1, 0.15) is 17.2 Å². The Balaban J connectivity index is 1.70. The highest BCUT2D eigenvalue weighted by atomic mass is 16.2. The van der Waals surface area contributed by atoms with Gasteiger partial charge in [-0.1, -0.05) is 48.5 Å². The predicted molar refractivity (Wildman–Crippen MR) is 109 cm³/mol. The van der Waals surface area contributed by atoms with Crippen molar-refractivity contribution in [2.45, 2.75) is 13.8 Å². The SMILES string of the molecule is Cc1cccc(NC(=O)Nc2c(-c3ccccc3)nc3ccccn23)c1C. The Morgan fingerprint density at radius 3 is 2.48 bits per heavy atom. The molecule has 2 aromatic heterocycles. The first-order valence-electron chi connectivity index (χ1n) is 8.80. The van der Waals surface area contributed by atoms with Crippen LogP contribution in [0.2, 0.25) is 0 Å². The van der Waals surface area contributed by atoms with E-state index < -0.39 is 0 Å². The topological polar surface area (TPSA) is 58.4 Å². The summed E-state index contributed by atoms with van der Waals surface area (Å²) in [5.74, 6) is 0.639. The van der Waals surface area contributed by atoms with Crippen LogP contribution < -0.4 is 10.6 Å². The van der Waals surface area contributed by atoms with Crippen LogP contribution in [-0.4, -0.2) is 15.4 Å². The summed E-state index contributed by atoms with van der Waals surface area (Å²) in [5, 5.41) is 5.92. The van der Waals surface area contributed by atoms with Gasteiger partial charge in [0.2, 0.25) is 0 Å².